The molecule has 3 heterocycles. The molecular weight excluding hydrogens is 492 g/mol. The lowest BCUT2D eigenvalue weighted by atomic mass is 9.89. The number of H-pyrrole nitrogens is 1. The Balaban J connectivity index is 1.51. The molecule has 2 N–H and O–H groups in total. The largest absolute Gasteiger partial charge is 0.490 e. The van der Waals surface area contributed by atoms with E-state index in [4.69, 9.17) is 9.47 Å². The molecule has 0 saturated heterocycles. The molecule has 0 radical (unpaired) electrons. The third kappa shape index (κ3) is 4.43. The Morgan fingerprint density at radius 3 is 2.54 bits per heavy atom. The van der Waals surface area contributed by atoms with Gasteiger partial charge in [-0.25, -0.2) is 9.78 Å². The molecule has 184 valence electrons. The van der Waals surface area contributed by atoms with Crippen LogP contribution in [0.2, 0.25) is 0 Å². The molecule has 5 aromatic rings. The van der Waals surface area contributed by atoms with Crippen LogP contribution in [-0.2, 0) is 11.2 Å². The highest BCUT2D eigenvalue weighted by molar-refractivity contribution is 7.00. The number of carbonyl (C=O) groups is 2. The van der Waals surface area contributed by atoms with Gasteiger partial charge >= 0.3 is 5.97 Å². The molecule has 6 rings (SSSR count). The summed E-state index contributed by atoms with van der Waals surface area (Å²) in [6, 6.07) is 15.5. The standard InChI is InChI=1S/C27H20N4O5S/c32-26(17-4-7-23-24(13-17)36-9-1-8-35-23)18(10-15-2-5-19-21(11-15)29-14-28-19)25(27(33)34)16-3-6-20-22(12-16)31-37-30-20/h2-7,11-14H,1,8-10H2,(H,28,29)(H,33,34). The fraction of sp³-hybridized carbons (Fsp3) is 0.148. The predicted octanol–water partition coefficient (Wildman–Crippen LogP) is 4.69. The number of nitrogens with one attached hydrogen (secondary N) is 1. The topological polar surface area (TPSA) is 127 Å². The second-order valence-electron chi connectivity index (χ2n) is 8.60. The number of ketones is 1. The fourth-order valence-electron chi connectivity index (χ4n) is 4.42. The molecule has 0 atom stereocenters. The van der Waals surface area contributed by atoms with Crippen LogP contribution in [0.5, 0.6) is 11.5 Å². The molecule has 0 amide bonds. The monoisotopic (exact) mass is 512 g/mol. The molecular formula is C27H20N4O5S. The highest BCUT2D eigenvalue weighted by Crippen LogP contribution is 2.33. The fourth-order valence-corrected chi connectivity index (χ4v) is 4.94. The van der Waals surface area contributed by atoms with Gasteiger partial charge in [0.15, 0.2) is 17.3 Å². The number of fused-ring (bicyclic) bond motifs is 3. The zero-order valence-corrected chi connectivity index (χ0v) is 20.2. The van der Waals surface area contributed by atoms with Crippen molar-refractivity contribution in [3.8, 4) is 11.5 Å². The molecule has 9 nitrogen and oxygen atoms in total. The Hall–Kier alpha value is -4.57. The molecule has 0 unspecified atom stereocenters. The van der Waals surface area contributed by atoms with E-state index in [0.717, 1.165) is 34.7 Å². The summed E-state index contributed by atoms with van der Waals surface area (Å²) in [5.74, 6) is -0.588. The Labute approximate surface area is 214 Å². The summed E-state index contributed by atoms with van der Waals surface area (Å²) in [5, 5.41) is 10.4. The number of carbonyl (C=O) groups excluding carboxylic acids is 1. The minimum Gasteiger partial charge on any atom is -0.490 e. The quantitative estimate of drug-likeness (QED) is 0.248. The van der Waals surface area contributed by atoms with Crippen molar-refractivity contribution in [2.24, 2.45) is 0 Å². The number of aromatic nitrogens is 4. The highest BCUT2D eigenvalue weighted by Gasteiger charge is 2.26. The first-order valence-corrected chi connectivity index (χ1v) is 12.4. The van der Waals surface area contributed by atoms with Crippen LogP contribution in [0.15, 0.2) is 66.5 Å². The summed E-state index contributed by atoms with van der Waals surface area (Å²) < 4.78 is 19.9. The average molecular weight is 513 g/mol. The van der Waals surface area contributed by atoms with Gasteiger partial charge in [-0.3, -0.25) is 4.79 Å². The zero-order valence-electron chi connectivity index (χ0n) is 19.4. The van der Waals surface area contributed by atoms with Gasteiger partial charge in [0, 0.05) is 24.0 Å². The van der Waals surface area contributed by atoms with E-state index in [9.17, 15) is 14.7 Å². The Morgan fingerprint density at radius 1 is 0.892 bits per heavy atom. The van der Waals surface area contributed by atoms with Gasteiger partial charge in [0.1, 0.15) is 11.0 Å². The number of imidazole rings is 1. The maximum Gasteiger partial charge on any atom is 0.336 e. The van der Waals surface area contributed by atoms with Gasteiger partial charge in [-0.1, -0.05) is 12.1 Å². The van der Waals surface area contributed by atoms with E-state index >= 15 is 0 Å². The predicted molar refractivity (Wildman–Crippen MR) is 138 cm³/mol. The van der Waals surface area contributed by atoms with E-state index in [-0.39, 0.29) is 17.6 Å². The third-order valence-corrected chi connectivity index (χ3v) is 6.76. The van der Waals surface area contributed by atoms with Crippen LogP contribution in [0, 0.1) is 0 Å². The molecule has 0 spiro atoms. The molecule has 1 aliphatic heterocycles. The Morgan fingerprint density at radius 2 is 1.68 bits per heavy atom. The van der Waals surface area contributed by atoms with Crippen molar-refractivity contribution >= 4 is 51.1 Å². The number of nitrogens with zero attached hydrogens (tertiary/aromatic N) is 3. The maximum atomic E-state index is 14.0. The average Bonchev–Trinajstić information content (AvgIpc) is 3.50. The van der Waals surface area contributed by atoms with Crippen LogP contribution in [0.25, 0.3) is 27.6 Å². The second-order valence-corrected chi connectivity index (χ2v) is 9.13. The van der Waals surface area contributed by atoms with E-state index < -0.39 is 11.8 Å². The SMILES string of the molecule is O=C(O)C(=C(Cc1ccc2nc[nH]c2c1)C(=O)c1ccc2c(c1)OCCCO2)c1ccc2nsnc2c1. The Bertz CT molecular complexity index is 1700. The molecule has 10 heteroatoms. The summed E-state index contributed by atoms with van der Waals surface area (Å²) in [6.07, 6.45) is 2.42. The number of carboxylic acid groups (broad SMARTS) is 1. The minimum absolute atomic E-state index is 0.0864. The zero-order chi connectivity index (χ0) is 25.4. The molecule has 0 saturated carbocycles. The number of aliphatic carboxylic acids is 1. The van der Waals surface area contributed by atoms with Gasteiger partial charge in [0.2, 0.25) is 0 Å². The van der Waals surface area contributed by atoms with Crippen LogP contribution in [-0.4, -0.2) is 48.8 Å². The maximum absolute atomic E-state index is 14.0. The number of rotatable bonds is 6. The lowest BCUT2D eigenvalue weighted by Crippen LogP contribution is -2.14. The van der Waals surface area contributed by atoms with Gasteiger partial charge in [0.05, 0.1) is 47.9 Å². The van der Waals surface area contributed by atoms with Crippen LogP contribution in [0.3, 0.4) is 0 Å². The number of aromatic amines is 1. The summed E-state index contributed by atoms with van der Waals surface area (Å²) in [5.41, 5.74) is 4.34. The van der Waals surface area contributed by atoms with E-state index in [1.807, 2.05) is 18.2 Å². The summed E-state index contributed by atoms with van der Waals surface area (Å²) in [6.45, 7) is 0.998. The third-order valence-electron chi connectivity index (χ3n) is 6.21. The highest BCUT2D eigenvalue weighted by atomic mass is 32.1. The number of ether oxygens (including phenoxy) is 2. The van der Waals surface area contributed by atoms with Crippen molar-refractivity contribution < 1.29 is 24.2 Å². The molecule has 1 aliphatic rings. The van der Waals surface area contributed by atoms with Crippen LogP contribution < -0.4 is 9.47 Å². The minimum atomic E-state index is -1.21. The lowest BCUT2D eigenvalue weighted by Gasteiger charge is -2.14. The Kier molecular flexibility index (Phi) is 5.85. The van der Waals surface area contributed by atoms with Gasteiger partial charge in [0.25, 0.3) is 0 Å². The second kappa shape index (κ2) is 9.47. The van der Waals surface area contributed by atoms with Crippen molar-refractivity contribution in [3.05, 3.63) is 83.2 Å². The van der Waals surface area contributed by atoms with E-state index in [0.29, 0.717) is 46.9 Å². The van der Waals surface area contributed by atoms with Crippen LogP contribution in [0.1, 0.15) is 27.9 Å². The first kappa shape index (κ1) is 22.9. The smallest absolute Gasteiger partial charge is 0.336 e. The number of hydrogen-bond acceptors (Lipinski definition) is 8. The van der Waals surface area contributed by atoms with Gasteiger partial charge in [-0.2, -0.15) is 8.75 Å². The van der Waals surface area contributed by atoms with Crippen molar-refractivity contribution in [2.45, 2.75) is 12.8 Å². The van der Waals surface area contributed by atoms with Crippen molar-refractivity contribution in [1.82, 2.24) is 18.7 Å². The first-order chi connectivity index (χ1) is 18.1. The van der Waals surface area contributed by atoms with Crippen LogP contribution >= 0.6 is 11.7 Å². The van der Waals surface area contributed by atoms with Crippen molar-refractivity contribution in [1.29, 1.82) is 0 Å². The van der Waals surface area contributed by atoms with Crippen LogP contribution in [0.4, 0.5) is 0 Å². The summed E-state index contributed by atoms with van der Waals surface area (Å²) in [7, 11) is 0. The number of carboxylic acids is 1. The number of Topliss-reactive ketones (excluding diaryl/α,β-unsaturated/α-hetero) is 1. The van der Waals surface area contributed by atoms with Crippen molar-refractivity contribution in [2.75, 3.05) is 13.2 Å². The van der Waals surface area contributed by atoms with E-state index in [2.05, 4.69) is 18.7 Å². The number of benzene rings is 3. The molecule has 0 aliphatic carbocycles. The molecule has 37 heavy (non-hydrogen) atoms. The number of allylic oxidation sites excluding steroid dienone is 1. The molecule has 0 bridgehead atoms. The summed E-state index contributed by atoms with van der Waals surface area (Å²) in [4.78, 5) is 34.0. The van der Waals surface area contributed by atoms with Gasteiger partial charge in [-0.05, 0) is 53.6 Å². The van der Waals surface area contributed by atoms with E-state index in [1.54, 1.807) is 42.7 Å². The van der Waals surface area contributed by atoms with E-state index in [1.165, 1.54) is 0 Å². The van der Waals surface area contributed by atoms with Crippen molar-refractivity contribution in [3.63, 3.8) is 0 Å². The molecule has 0 fully saturated rings. The summed E-state index contributed by atoms with van der Waals surface area (Å²) >= 11 is 1.05. The number of hydrogen-bond donors (Lipinski definition) is 2. The van der Waals surface area contributed by atoms with Gasteiger partial charge in [-0.15, -0.1) is 0 Å². The normalized spacial score (nSPS) is 13.8. The molecule has 3 aromatic carbocycles. The van der Waals surface area contributed by atoms with Gasteiger partial charge < -0.3 is 19.6 Å². The lowest BCUT2D eigenvalue weighted by molar-refractivity contribution is -0.130. The molecule has 2 aromatic heterocycles. The first-order valence-electron chi connectivity index (χ1n) is 11.6.